The molecule has 0 saturated carbocycles. The lowest BCUT2D eigenvalue weighted by molar-refractivity contribution is 0.259. The van der Waals surface area contributed by atoms with Gasteiger partial charge in [0.1, 0.15) is 11.5 Å². The summed E-state index contributed by atoms with van der Waals surface area (Å²) < 4.78 is 24.2. The number of aryl methyl sites for hydroxylation is 2. The lowest BCUT2D eigenvalue weighted by atomic mass is 9.99. The van der Waals surface area contributed by atoms with Gasteiger partial charge in [0.05, 0.1) is 11.7 Å². The Morgan fingerprint density at radius 1 is 1.24 bits per heavy atom. The molecule has 2 amide bonds. The SMILES string of the molecule is CC1(C)COc2c([S@](N)(=O)=NC(=O)Nc3c4c(cc5c3CCC5)CCC4)cnn21. The predicted octanol–water partition coefficient (Wildman–Crippen LogP) is 2.92. The molecule has 2 heterocycles. The maximum absolute atomic E-state index is 13.1. The summed E-state index contributed by atoms with van der Waals surface area (Å²) in [6.45, 7) is 4.31. The zero-order valence-electron chi connectivity index (χ0n) is 16.7. The Labute approximate surface area is 170 Å². The van der Waals surface area contributed by atoms with Crippen LogP contribution in [0.2, 0.25) is 0 Å². The van der Waals surface area contributed by atoms with E-state index in [-0.39, 0.29) is 10.4 Å². The summed E-state index contributed by atoms with van der Waals surface area (Å²) in [5.41, 5.74) is 5.48. The van der Waals surface area contributed by atoms with E-state index in [1.807, 2.05) is 13.8 Å². The van der Waals surface area contributed by atoms with Crippen molar-refractivity contribution in [3.05, 3.63) is 34.5 Å². The summed E-state index contributed by atoms with van der Waals surface area (Å²) in [6.07, 6.45) is 7.50. The Hall–Kier alpha value is -2.39. The largest absolute Gasteiger partial charge is 0.474 e. The fraction of sp³-hybridized carbons (Fsp3) is 0.500. The molecule has 9 heteroatoms. The Bertz CT molecular complexity index is 1130. The van der Waals surface area contributed by atoms with Crippen LogP contribution >= 0.6 is 0 Å². The Morgan fingerprint density at radius 3 is 2.55 bits per heavy atom. The minimum absolute atomic E-state index is 0.154. The minimum Gasteiger partial charge on any atom is -0.474 e. The molecular formula is C20H25N5O3S. The van der Waals surface area contributed by atoms with Gasteiger partial charge in [-0.25, -0.2) is 18.8 Å². The number of rotatable bonds is 2. The first-order chi connectivity index (χ1) is 13.8. The summed E-state index contributed by atoms with van der Waals surface area (Å²) >= 11 is 0. The highest BCUT2D eigenvalue weighted by Crippen LogP contribution is 2.39. The average Bonchev–Trinajstić information content (AvgIpc) is 3.39. The highest BCUT2D eigenvalue weighted by atomic mass is 32.2. The third kappa shape index (κ3) is 2.95. The Kier molecular flexibility index (Phi) is 4.05. The van der Waals surface area contributed by atoms with Crippen molar-refractivity contribution in [2.24, 2.45) is 9.50 Å². The van der Waals surface area contributed by atoms with Crippen molar-refractivity contribution in [1.82, 2.24) is 9.78 Å². The lowest BCUT2D eigenvalue weighted by Gasteiger charge is -2.15. The van der Waals surface area contributed by atoms with Crippen LogP contribution in [0.5, 0.6) is 5.88 Å². The molecule has 3 aliphatic rings. The third-order valence-electron chi connectivity index (χ3n) is 6.07. The van der Waals surface area contributed by atoms with Crippen LogP contribution < -0.4 is 15.2 Å². The van der Waals surface area contributed by atoms with E-state index >= 15 is 0 Å². The number of fused-ring (bicyclic) bond motifs is 3. The van der Waals surface area contributed by atoms with Crippen molar-refractivity contribution in [3.8, 4) is 5.88 Å². The topological polar surface area (TPSA) is 112 Å². The molecule has 1 atom stereocenters. The summed E-state index contributed by atoms with van der Waals surface area (Å²) in [6, 6.07) is 1.60. The van der Waals surface area contributed by atoms with Crippen LogP contribution in [-0.2, 0) is 41.1 Å². The van der Waals surface area contributed by atoms with Crippen LogP contribution in [0.4, 0.5) is 10.5 Å². The smallest absolute Gasteiger partial charge is 0.354 e. The number of ether oxygens (including phenoxy) is 1. The highest BCUT2D eigenvalue weighted by molar-refractivity contribution is 7.91. The van der Waals surface area contributed by atoms with Crippen LogP contribution in [0, 0.1) is 0 Å². The number of aromatic nitrogens is 2. The standard InChI is InChI=1S/C20H25N5O3S/c1-20(2)11-28-18-16(10-22-25(18)20)29(21,27)24-19(26)23-17-14-7-3-5-12(14)9-13-6-4-8-15(13)17/h9-10H,3-8,11H2,1-2H3,(H3,21,23,24,26,27)/t29-/m1/s1. The van der Waals surface area contributed by atoms with E-state index in [1.54, 1.807) is 4.68 Å². The van der Waals surface area contributed by atoms with Gasteiger partial charge in [0.25, 0.3) is 0 Å². The van der Waals surface area contributed by atoms with E-state index in [0.717, 1.165) is 44.2 Å². The minimum atomic E-state index is -3.49. The number of benzene rings is 1. The molecule has 0 bridgehead atoms. The van der Waals surface area contributed by atoms with Gasteiger partial charge in [0, 0.05) is 5.69 Å². The predicted molar refractivity (Wildman–Crippen MR) is 110 cm³/mol. The molecule has 0 unspecified atom stereocenters. The summed E-state index contributed by atoms with van der Waals surface area (Å²) in [5.74, 6) is 0.320. The number of urea groups is 1. The summed E-state index contributed by atoms with van der Waals surface area (Å²) in [4.78, 5) is 12.9. The molecule has 8 nitrogen and oxygen atoms in total. The lowest BCUT2D eigenvalue weighted by Crippen LogP contribution is -2.26. The van der Waals surface area contributed by atoms with Crippen molar-refractivity contribution in [1.29, 1.82) is 0 Å². The average molecular weight is 416 g/mol. The van der Waals surface area contributed by atoms with Gasteiger partial charge in [0.15, 0.2) is 9.92 Å². The fourth-order valence-corrected chi connectivity index (χ4v) is 5.65. The molecule has 2 aliphatic carbocycles. The first-order valence-corrected chi connectivity index (χ1v) is 11.6. The molecule has 1 aromatic carbocycles. The molecule has 0 radical (unpaired) electrons. The maximum atomic E-state index is 13.1. The van der Waals surface area contributed by atoms with Gasteiger partial charge < -0.3 is 10.1 Å². The zero-order chi connectivity index (χ0) is 20.4. The van der Waals surface area contributed by atoms with Crippen LogP contribution in [0.3, 0.4) is 0 Å². The van der Waals surface area contributed by atoms with Gasteiger partial charge in [-0.05, 0) is 74.6 Å². The molecule has 1 aliphatic heterocycles. The maximum Gasteiger partial charge on any atom is 0.354 e. The zero-order valence-corrected chi connectivity index (χ0v) is 17.5. The van der Waals surface area contributed by atoms with Crippen molar-refractivity contribution >= 4 is 21.6 Å². The normalized spacial score (nSPS) is 20.4. The molecule has 0 fully saturated rings. The molecule has 29 heavy (non-hydrogen) atoms. The second-order valence-corrected chi connectivity index (χ2v) is 10.4. The van der Waals surface area contributed by atoms with Crippen molar-refractivity contribution in [2.75, 3.05) is 11.9 Å². The number of hydrogen-bond acceptors (Lipinski definition) is 4. The van der Waals surface area contributed by atoms with E-state index in [2.05, 4.69) is 20.8 Å². The first-order valence-electron chi connectivity index (χ1n) is 10.00. The molecule has 0 saturated heterocycles. The molecule has 5 rings (SSSR count). The van der Waals surface area contributed by atoms with Crippen LogP contribution in [0.15, 0.2) is 21.5 Å². The monoisotopic (exact) mass is 415 g/mol. The van der Waals surface area contributed by atoms with Gasteiger partial charge in [0.2, 0.25) is 5.88 Å². The van der Waals surface area contributed by atoms with Gasteiger partial charge in [-0.1, -0.05) is 6.07 Å². The van der Waals surface area contributed by atoms with Gasteiger partial charge in [-0.2, -0.15) is 5.10 Å². The van der Waals surface area contributed by atoms with Gasteiger partial charge in [-0.3, -0.25) is 0 Å². The number of hydrogen-bond donors (Lipinski definition) is 2. The summed E-state index contributed by atoms with van der Waals surface area (Å²) in [5, 5.41) is 13.1. The number of nitrogens with one attached hydrogen (secondary N) is 1. The van der Waals surface area contributed by atoms with E-state index in [9.17, 15) is 9.00 Å². The van der Waals surface area contributed by atoms with Gasteiger partial charge >= 0.3 is 6.03 Å². The number of carbonyl (C=O) groups excluding carboxylic acids is 1. The van der Waals surface area contributed by atoms with Gasteiger partial charge in [-0.15, -0.1) is 4.36 Å². The number of anilines is 1. The molecule has 2 aromatic rings. The Balaban J connectivity index is 1.49. The Morgan fingerprint density at radius 2 is 1.90 bits per heavy atom. The highest BCUT2D eigenvalue weighted by Gasteiger charge is 2.36. The number of nitrogens with two attached hydrogens (primary N) is 1. The molecule has 1 aromatic heterocycles. The van der Waals surface area contributed by atoms with Crippen molar-refractivity contribution in [2.45, 2.75) is 62.8 Å². The molecule has 3 N–H and O–H groups in total. The fourth-order valence-electron chi connectivity index (χ4n) is 4.66. The molecule has 154 valence electrons. The quantitative estimate of drug-likeness (QED) is 0.785. The van der Waals surface area contributed by atoms with Crippen LogP contribution in [0.25, 0.3) is 0 Å². The second kappa shape index (κ2) is 6.30. The summed E-state index contributed by atoms with van der Waals surface area (Å²) in [7, 11) is -3.49. The molecular weight excluding hydrogens is 390 g/mol. The van der Waals surface area contributed by atoms with Crippen molar-refractivity contribution in [3.63, 3.8) is 0 Å². The van der Waals surface area contributed by atoms with Crippen LogP contribution in [0.1, 0.15) is 48.9 Å². The van der Waals surface area contributed by atoms with E-state index in [0.29, 0.717) is 12.5 Å². The van der Waals surface area contributed by atoms with E-state index < -0.39 is 15.9 Å². The first kappa shape index (κ1) is 18.6. The van der Waals surface area contributed by atoms with E-state index in [4.69, 9.17) is 9.88 Å². The third-order valence-corrected chi connectivity index (χ3v) is 7.41. The number of carbonyl (C=O) groups is 1. The number of nitrogens with zero attached hydrogens (tertiary/aromatic N) is 3. The molecule has 0 spiro atoms. The van der Waals surface area contributed by atoms with Crippen LogP contribution in [-0.4, -0.2) is 26.6 Å². The second-order valence-electron chi connectivity index (χ2n) is 8.65. The van der Waals surface area contributed by atoms with E-state index in [1.165, 1.54) is 28.5 Å². The van der Waals surface area contributed by atoms with Crippen molar-refractivity contribution < 1.29 is 13.7 Å². The number of amides is 2.